The number of hydrogen-bond acceptors (Lipinski definition) is 5. The summed E-state index contributed by atoms with van der Waals surface area (Å²) in [6.45, 7) is 2.71. The van der Waals surface area contributed by atoms with Gasteiger partial charge in [-0.15, -0.1) is 0 Å². The molecule has 0 aliphatic rings. The lowest BCUT2D eigenvalue weighted by Gasteiger charge is -2.14. The molecule has 1 aromatic heterocycles. The molecule has 0 aliphatic carbocycles. The molecule has 6 nitrogen and oxygen atoms in total. The number of aliphatic carboxylic acids is 1. The Morgan fingerprint density at radius 3 is 2.85 bits per heavy atom. The lowest BCUT2D eigenvalue weighted by molar-refractivity contribution is -0.138. The van der Waals surface area contributed by atoms with Crippen LogP contribution in [0.1, 0.15) is 12.7 Å². The zero-order chi connectivity index (χ0) is 14.5. The van der Waals surface area contributed by atoms with Crippen LogP contribution in [0.25, 0.3) is 11.5 Å². The summed E-state index contributed by atoms with van der Waals surface area (Å²) in [6, 6.07) is 7.17. The number of benzene rings is 1. The first-order valence-electron chi connectivity index (χ1n) is 6.11. The van der Waals surface area contributed by atoms with E-state index in [0.717, 1.165) is 0 Å². The maximum absolute atomic E-state index is 10.7. The highest BCUT2D eigenvalue weighted by atomic mass is 35.5. The van der Waals surface area contributed by atoms with Crippen molar-refractivity contribution < 1.29 is 14.4 Å². The topological polar surface area (TPSA) is 79.5 Å². The highest BCUT2D eigenvalue weighted by Gasteiger charge is 2.15. The van der Waals surface area contributed by atoms with Crippen LogP contribution in [0.5, 0.6) is 0 Å². The summed E-state index contributed by atoms with van der Waals surface area (Å²) in [7, 11) is 0. The summed E-state index contributed by atoms with van der Waals surface area (Å²) in [5.74, 6) is -0.123. The molecular weight excluding hydrogens is 282 g/mol. The van der Waals surface area contributed by atoms with E-state index in [2.05, 4.69) is 10.1 Å². The summed E-state index contributed by atoms with van der Waals surface area (Å²) in [6.07, 6.45) is 0. The zero-order valence-corrected chi connectivity index (χ0v) is 11.7. The van der Waals surface area contributed by atoms with Gasteiger partial charge in [-0.2, -0.15) is 4.98 Å². The molecular formula is C13H14ClN3O3. The highest BCUT2D eigenvalue weighted by Crippen LogP contribution is 2.25. The maximum atomic E-state index is 10.7. The number of likely N-dealkylation sites (N-methyl/N-ethyl adjacent to an activating group) is 1. The van der Waals surface area contributed by atoms with Crippen molar-refractivity contribution in [3.63, 3.8) is 0 Å². The molecule has 106 valence electrons. The van der Waals surface area contributed by atoms with Gasteiger partial charge in [-0.25, -0.2) is 0 Å². The molecule has 1 N–H and O–H groups in total. The Hall–Kier alpha value is -1.92. The quantitative estimate of drug-likeness (QED) is 0.881. The molecule has 0 bridgehead atoms. The van der Waals surface area contributed by atoms with Gasteiger partial charge >= 0.3 is 5.97 Å². The average molecular weight is 296 g/mol. The number of carbonyl (C=O) groups is 1. The molecule has 0 saturated carbocycles. The molecule has 20 heavy (non-hydrogen) atoms. The van der Waals surface area contributed by atoms with Crippen molar-refractivity contribution in [1.82, 2.24) is 15.0 Å². The van der Waals surface area contributed by atoms with Crippen LogP contribution in [0.15, 0.2) is 28.8 Å². The third-order valence-electron chi connectivity index (χ3n) is 2.74. The summed E-state index contributed by atoms with van der Waals surface area (Å²) in [5, 5.41) is 13.2. The van der Waals surface area contributed by atoms with Crippen LogP contribution in [-0.2, 0) is 11.3 Å². The van der Waals surface area contributed by atoms with E-state index in [1.165, 1.54) is 0 Å². The molecule has 0 fully saturated rings. The van der Waals surface area contributed by atoms with E-state index < -0.39 is 5.97 Å². The van der Waals surface area contributed by atoms with Gasteiger partial charge in [0.25, 0.3) is 5.89 Å². The standard InChI is InChI=1S/C13H14ClN3O3/c1-2-17(8-12(18)19)7-11-15-13(20-16-11)9-5-3-4-6-10(9)14/h3-6H,2,7-8H2,1H3,(H,18,19). The van der Waals surface area contributed by atoms with Gasteiger partial charge in [0.2, 0.25) is 0 Å². The SMILES string of the molecule is CCN(CC(=O)O)Cc1noc(-c2ccccc2Cl)n1. The Bertz CT molecular complexity index is 600. The van der Waals surface area contributed by atoms with Crippen molar-refractivity contribution >= 4 is 17.6 Å². The van der Waals surface area contributed by atoms with Crippen molar-refractivity contribution in [2.75, 3.05) is 13.1 Å². The van der Waals surface area contributed by atoms with Crippen molar-refractivity contribution in [3.8, 4) is 11.5 Å². The second-order valence-corrected chi connectivity index (χ2v) is 4.60. The second kappa shape index (κ2) is 6.49. The largest absolute Gasteiger partial charge is 0.480 e. The first-order valence-corrected chi connectivity index (χ1v) is 6.49. The molecule has 0 aliphatic heterocycles. The van der Waals surface area contributed by atoms with Crippen molar-refractivity contribution in [2.24, 2.45) is 0 Å². The number of halogens is 1. The molecule has 0 amide bonds. The van der Waals surface area contributed by atoms with Crippen molar-refractivity contribution in [1.29, 1.82) is 0 Å². The minimum atomic E-state index is -0.887. The van der Waals surface area contributed by atoms with E-state index >= 15 is 0 Å². The Kier molecular flexibility index (Phi) is 4.70. The van der Waals surface area contributed by atoms with Crippen LogP contribution in [0.2, 0.25) is 5.02 Å². The highest BCUT2D eigenvalue weighted by molar-refractivity contribution is 6.33. The molecule has 0 unspecified atom stereocenters. The molecule has 0 radical (unpaired) electrons. The molecule has 2 aromatic rings. The normalized spacial score (nSPS) is 10.9. The van der Waals surface area contributed by atoms with Crippen LogP contribution < -0.4 is 0 Å². The fourth-order valence-corrected chi connectivity index (χ4v) is 1.95. The molecule has 1 aromatic carbocycles. The molecule has 7 heteroatoms. The lowest BCUT2D eigenvalue weighted by atomic mass is 10.2. The molecule has 2 rings (SSSR count). The second-order valence-electron chi connectivity index (χ2n) is 4.19. The fraction of sp³-hybridized carbons (Fsp3) is 0.308. The summed E-state index contributed by atoms with van der Waals surface area (Å²) in [4.78, 5) is 16.6. The van der Waals surface area contributed by atoms with Gasteiger partial charge in [-0.3, -0.25) is 9.69 Å². The summed E-state index contributed by atoms with van der Waals surface area (Å²) >= 11 is 6.05. The molecule has 0 spiro atoms. The van der Waals surface area contributed by atoms with Gasteiger partial charge in [0, 0.05) is 0 Å². The molecule has 0 saturated heterocycles. The van der Waals surface area contributed by atoms with E-state index in [-0.39, 0.29) is 6.54 Å². The molecule has 0 atom stereocenters. The van der Waals surface area contributed by atoms with Gasteiger partial charge in [-0.1, -0.05) is 35.8 Å². The van der Waals surface area contributed by atoms with Gasteiger partial charge in [-0.05, 0) is 18.7 Å². The Balaban J connectivity index is 2.13. The minimum Gasteiger partial charge on any atom is -0.480 e. The monoisotopic (exact) mass is 295 g/mol. The van der Waals surface area contributed by atoms with Crippen LogP contribution in [0.4, 0.5) is 0 Å². The first kappa shape index (κ1) is 14.5. The van der Waals surface area contributed by atoms with Crippen LogP contribution >= 0.6 is 11.6 Å². The average Bonchev–Trinajstić information content (AvgIpc) is 2.86. The number of carboxylic acids is 1. The third kappa shape index (κ3) is 3.55. The first-order chi connectivity index (χ1) is 9.60. The fourth-order valence-electron chi connectivity index (χ4n) is 1.73. The Labute approximate surface area is 121 Å². The van der Waals surface area contributed by atoms with Crippen LogP contribution in [-0.4, -0.2) is 39.2 Å². The van der Waals surface area contributed by atoms with Gasteiger partial charge in [0.05, 0.1) is 23.7 Å². The number of nitrogens with zero attached hydrogens (tertiary/aromatic N) is 3. The zero-order valence-electron chi connectivity index (χ0n) is 10.9. The predicted octanol–water partition coefficient (Wildman–Crippen LogP) is 2.30. The van der Waals surface area contributed by atoms with Gasteiger partial charge < -0.3 is 9.63 Å². The summed E-state index contributed by atoms with van der Waals surface area (Å²) in [5.41, 5.74) is 0.661. The van der Waals surface area contributed by atoms with Crippen molar-refractivity contribution in [3.05, 3.63) is 35.1 Å². The van der Waals surface area contributed by atoms with E-state index in [9.17, 15) is 4.79 Å². The number of carboxylic acid groups (broad SMARTS) is 1. The van der Waals surface area contributed by atoms with Gasteiger partial charge in [0.15, 0.2) is 5.82 Å². The predicted molar refractivity (Wildman–Crippen MR) is 73.3 cm³/mol. The smallest absolute Gasteiger partial charge is 0.317 e. The maximum Gasteiger partial charge on any atom is 0.317 e. The van der Waals surface area contributed by atoms with E-state index in [1.54, 1.807) is 17.0 Å². The van der Waals surface area contributed by atoms with Crippen LogP contribution in [0.3, 0.4) is 0 Å². The lowest BCUT2D eigenvalue weighted by Crippen LogP contribution is -2.29. The van der Waals surface area contributed by atoms with Crippen LogP contribution in [0, 0.1) is 0 Å². The number of hydrogen-bond donors (Lipinski definition) is 1. The van der Waals surface area contributed by atoms with Crippen molar-refractivity contribution in [2.45, 2.75) is 13.5 Å². The Morgan fingerprint density at radius 2 is 2.20 bits per heavy atom. The number of rotatable bonds is 6. The van der Waals surface area contributed by atoms with E-state index in [1.807, 2.05) is 19.1 Å². The minimum absolute atomic E-state index is 0.0630. The Morgan fingerprint density at radius 1 is 1.45 bits per heavy atom. The third-order valence-corrected chi connectivity index (χ3v) is 3.07. The van der Waals surface area contributed by atoms with E-state index in [4.69, 9.17) is 21.2 Å². The molecule has 1 heterocycles. The van der Waals surface area contributed by atoms with E-state index in [0.29, 0.717) is 35.4 Å². The number of aromatic nitrogens is 2. The summed E-state index contributed by atoms with van der Waals surface area (Å²) < 4.78 is 5.16. The van der Waals surface area contributed by atoms with Gasteiger partial charge in [0.1, 0.15) is 0 Å².